The summed E-state index contributed by atoms with van der Waals surface area (Å²) in [5.41, 5.74) is 1.38. The van der Waals surface area contributed by atoms with E-state index in [-0.39, 0.29) is 43.7 Å². The molecule has 1 aliphatic rings. The van der Waals surface area contributed by atoms with Gasteiger partial charge in [-0.05, 0) is 31.5 Å². The molecular weight excluding hydrogens is 514 g/mol. The van der Waals surface area contributed by atoms with Crippen molar-refractivity contribution in [1.82, 2.24) is 29.8 Å². The first-order valence-electron chi connectivity index (χ1n) is 13.4. The van der Waals surface area contributed by atoms with E-state index in [0.29, 0.717) is 43.2 Å². The second kappa shape index (κ2) is 13.9. The Hall–Kier alpha value is -4.03. The number of urea groups is 1. The van der Waals surface area contributed by atoms with Crippen LogP contribution in [-0.2, 0) is 22.7 Å². The molecule has 12 nitrogen and oxygen atoms in total. The average molecular weight is 552 g/mol. The molecule has 2 N–H and O–H groups in total. The van der Waals surface area contributed by atoms with Gasteiger partial charge in [0.15, 0.2) is 0 Å². The molecular formula is C28H37N7O5. The molecule has 0 spiro atoms. The van der Waals surface area contributed by atoms with Gasteiger partial charge in [0, 0.05) is 63.0 Å². The molecule has 2 aromatic heterocycles. The van der Waals surface area contributed by atoms with E-state index in [1.807, 2.05) is 19.9 Å². The summed E-state index contributed by atoms with van der Waals surface area (Å²) in [6, 6.07) is 11.8. The molecule has 3 atom stereocenters. The van der Waals surface area contributed by atoms with Crippen molar-refractivity contribution in [3.63, 3.8) is 0 Å². The van der Waals surface area contributed by atoms with Crippen LogP contribution in [0.1, 0.15) is 32.4 Å². The molecule has 0 fully saturated rings. The van der Waals surface area contributed by atoms with Crippen LogP contribution >= 0.6 is 0 Å². The third-order valence-corrected chi connectivity index (χ3v) is 6.89. The van der Waals surface area contributed by atoms with Gasteiger partial charge in [-0.1, -0.05) is 24.3 Å². The Morgan fingerprint density at radius 1 is 1.30 bits per heavy atom. The summed E-state index contributed by atoms with van der Waals surface area (Å²) in [6.07, 6.45) is 3.85. The number of hydrogen-bond donors (Lipinski definition) is 2. The number of rotatable bonds is 7. The van der Waals surface area contributed by atoms with E-state index >= 15 is 0 Å². The molecule has 0 aliphatic carbocycles. The van der Waals surface area contributed by atoms with E-state index in [1.54, 1.807) is 70.3 Å². The molecule has 4 rings (SSSR count). The number of fused-ring (bicyclic) bond motifs is 1. The van der Waals surface area contributed by atoms with Crippen LogP contribution in [0.4, 0.5) is 10.5 Å². The minimum Gasteiger partial charge on any atom is -0.439 e. The summed E-state index contributed by atoms with van der Waals surface area (Å²) in [5.74, 6) is 0.833. The molecule has 12 heteroatoms. The van der Waals surface area contributed by atoms with Gasteiger partial charge in [0.2, 0.25) is 11.8 Å². The van der Waals surface area contributed by atoms with Gasteiger partial charge >= 0.3 is 6.03 Å². The molecule has 1 aromatic carbocycles. The Kier molecular flexibility index (Phi) is 10.0. The predicted octanol–water partition coefficient (Wildman–Crippen LogP) is 3.15. The van der Waals surface area contributed by atoms with E-state index < -0.39 is 6.10 Å². The number of pyridine rings is 1. The largest absolute Gasteiger partial charge is 0.439 e. The normalized spacial score (nSPS) is 19.1. The molecule has 40 heavy (non-hydrogen) atoms. The lowest BCUT2D eigenvalue weighted by Crippen LogP contribution is -2.48. The highest BCUT2D eigenvalue weighted by molar-refractivity contribution is 5.89. The van der Waals surface area contributed by atoms with Gasteiger partial charge in [-0.25, -0.2) is 14.5 Å². The Bertz CT molecular complexity index is 1250. The zero-order chi connectivity index (χ0) is 28.5. The molecule has 1 aliphatic heterocycles. The van der Waals surface area contributed by atoms with Crippen molar-refractivity contribution >= 4 is 17.6 Å². The van der Waals surface area contributed by atoms with Crippen molar-refractivity contribution in [2.45, 2.75) is 52.0 Å². The van der Waals surface area contributed by atoms with Crippen molar-refractivity contribution in [3.8, 4) is 11.6 Å². The first-order chi connectivity index (χ1) is 19.3. The number of anilines is 1. The standard InChI is InChI=1S/C28H37N7O5/c1-20-16-34(21(2)18-36)27(37)11-7-13-35-23(15-30-32-35)19-39-25(20)17-33(3)28(38)31-22-8-6-9-24(14-22)40-26-10-4-5-12-29-26/h4-6,8-10,12,14-15,20-21,25,36H,7,11,13,16-19H2,1-3H3,(H,31,38)/t20-,21+,25-/m0/s1. The van der Waals surface area contributed by atoms with Crippen LogP contribution in [0.5, 0.6) is 11.6 Å². The third-order valence-electron chi connectivity index (χ3n) is 6.89. The van der Waals surface area contributed by atoms with Gasteiger partial charge in [0.25, 0.3) is 0 Å². The van der Waals surface area contributed by atoms with Crippen LogP contribution in [0.2, 0.25) is 0 Å². The molecule has 214 valence electrons. The van der Waals surface area contributed by atoms with Crippen LogP contribution in [-0.4, -0.2) is 85.7 Å². The second-order valence-electron chi connectivity index (χ2n) is 10.1. The monoisotopic (exact) mass is 551 g/mol. The fourth-order valence-corrected chi connectivity index (χ4v) is 4.48. The molecule has 3 heterocycles. The number of carbonyl (C=O) groups excluding carboxylic acids is 2. The van der Waals surface area contributed by atoms with Crippen LogP contribution in [0.25, 0.3) is 0 Å². The number of aromatic nitrogens is 4. The van der Waals surface area contributed by atoms with Crippen LogP contribution in [0, 0.1) is 5.92 Å². The highest BCUT2D eigenvalue weighted by Crippen LogP contribution is 2.23. The van der Waals surface area contributed by atoms with Crippen LogP contribution < -0.4 is 10.1 Å². The van der Waals surface area contributed by atoms with E-state index in [1.165, 1.54) is 0 Å². The van der Waals surface area contributed by atoms with Gasteiger partial charge in [-0.3, -0.25) is 4.79 Å². The lowest BCUT2D eigenvalue weighted by atomic mass is 10.0. The van der Waals surface area contributed by atoms with Gasteiger partial charge in [0.1, 0.15) is 5.75 Å². The lowest BCUT2D eigenvalue weighted by Gasteiger charge is -2.35. The van der Waals surface area contributed by atoms with Crippen molar-refractivity contribution in [1.29, 1.82) is 0 Å². The van der Waals surface area contributed by atoms with E-state index in [4.69, 9.17) is 9.47 Å². The third kappa shape index (κ3) is 7.76. The Morgan fingerprint density at radius 2 is 2.15 bits per heavy atom. The van der Waals surface area contributed by atoms with E-state index in [9.17, 15) is 14.7 Å². The van der Waals surface area contributed by atoms with Crippen molar-refractivity contribution in [2.75, 3.05) is 32.1 Å². The highest BCUT2D eigenvalue weighted by Gasteiger charge is 2.29. The van der Waals surface area contributed by atoms with Crippen molar-refractivity contribution < 1.29 is 24.2 Å². The number of aryl methyl sites for hydroxylation is 1. The quantitative estimate of drug-likeness (QED) is 0.457. The highest BCUT2D eigenvalue weighted by atomic mass is 16.5. The lowest BCUT2D eigenvalue weighted by molar-refractivity contribution is -0.136. The zero-order valence-electron chi connectivity index (χ0n) is 23.1. The van der Waals surface area contributed by atoms with E-state index in [2.05, 4.69) is 20.6 Å². The number of aliphatic hydroxyl groups is 1. The summed E-state index contributed by atoms with van der Waals surface area (Å²) >= 11 is 0. The Balaban J connectivity index is 1.45. The predicted molar refractivity (Wildman–Crippen MR) is 148 cm³/mol. The minimum absolute atomic E-state index is 0.0340. The van der Waals surface area contributed by atoms with Crippen LogP contribution in [0.15, 0.2) is 54.9 Å². The summed E-state index contributed by atoms with van der Waals surface area (Å²) in [6.45, 7) is 5.15. The summed E-state index contributed by atoms with van der Waals surface area (Å²) < 4.78 is 13.8. The topological polar surface area (TPSA) is 135 Å². The Morgan fingerprint density at radius 3 is 2.92 bits per heavy atom. The maximum atomic E-state index is 13.2. The van der Waals surface area contributed by atoms with E-state index in [0.717, 1.165) is 5.69 Å². The molecule has 3 aromatic rings. The maximum Gasteiger partial charge on any atom is 0.321 e. The van der Waals surface area contributed by atoms with Crippen LogP contribution in [0.3, 0.4) is 0 Å². The number of likely N-dealkylation sites (N-methyl/N-ethyl adjacent to an activating group) is 1. The molecule has 3 amide bonds. The fraction of sp³-hybridized carbons (Fsp3) is 0.464. The SMILES string of the molecule is C[C@H](CO)N1C[C@H](C)[C@H](CN(C)C(=O)Nc2cccc(Oc3ccccn3)c2)OCc2cnnn2CCCC1=O. The number of ether oxygens (including phenoxy) is 2. The number of carbonyl (C=O) groups is 2. The Labute approximate surface area is 233 Å². The number of benzene rings is 1. The number of nitrogens with zero attached hydrogens (tertiary/aromatic N) is 6. The number of hydrogen-bond acceptors (Lipinski definition) is 8. The number of aliphatic hydroxyl groups excluding tert-OH is 1. The molecule has 0 saturated heterocycles. The van der Waals surface area contributed by atoms with Gasteiger partial charge in [-0.15, -0.1) is 5.10 Å². The van der Waals surface area contributed by atoms with Crippen molar-refractivity contribution in [2.24, 2.45) is 5.92 Å². The molecule has 0 bridgehead atoms. The summed E-state index contributed by atoms with van der Waals surface area (Å²) in [7, 11) is 1.70. The zero-order valence-corrected chi connectivity index (χ0v) is 23.1. The first-order valence-corrected chi connectivity index (χ1v) is 13.4. The van der Waals surface area contributed by atoms with Gasteiger partial charge < -0.3 is 29.7 Å². The van der Waals surface area contributed by atoms with Crippen molar-refractivity contribution in [3.05, 3.63) is 60.6 Å². The molecule has 0 unspecified atom stereocenters. The number of nitrogens with one attached hydrogen (secondary N) is 1. The average Bonchev–Trinajstić information content (AvgIpc) is 3.40. The summed E-state index contributed by atoms with van der Waals surface area (Å²) in [5, 5.41) is 20.8. The number of amides is 3. The second-order valence-corrected chi connectivity index (χ2v) is 10.1. The smallest absolute Gasteiger partial charge is 0.321 e. The van der Waals surface area contributed by atoms with Gasteiger partial charge in [0.05, 0.1) is 37.3 Å². The summed E-state index contributed by atoms with van der Waals surface area (Å²) in [4.78, 5) is 33.6. The van der Waals surface area contributed by atoms with Gasteiger partial charge in [-0.2, -0.15) is 0 Å². The minimum atomic E-state index is -0.404. The first kappa shape index (κ1) is 29.0. The maximum absolute atomic E-state index is 13.2. The fourth-order valence-electron chi connectivity index (χ4n) is 4.48. The molecule has 0 radical (unpaired) electrons. The molecule has 0 saturated carbocycles.